The van der Waals surface area contributed by atoms with Crippen molar-refractivity contribution in [1.29, 1.82) is 5.26 Å². The molecule has 2 unspecified atom stereocenters. The van der Waals surface area contributed by atoms with Crippen LogP contribution in [0.3, 0.4) is 0 Å². The van der Waals surface area contributed by atoms with Crippen molar-refractivity contribution in [3.8, 4) is 6.07 Å². The highest BCUT2D eigenvalue weighted by atomic mass is 32.2. The molecular formula is C16H22N2O3S. The van der Waals surface area contributed by atoms with Crippen LogP contribution < -0.4 is 4.72 Å². The number of hydrogen-bond donors (Lipinski definition) is 1. The Balaban J connectivity index is 2.14. The van der Waals surface area contributed by atoms with E-state index in [9.17, 15) is 8.42 Å². The largest absolute Gasteiger partial charge is 0.381 e. The second-order valence-corrected chi connectivity index (χ2v) is 7.92. The molecule has 5 nitrogen and oxygen atoms in total. The van der Waals surface area contributed by atoms with Gasteiger partial charge in [-0.1, -0.05) is 12.1 Å². The van der Waals surface area contributed by atoms with Gasteiger partial charge in [0.05, 0.1) is 23.5 Å². The van der Waals surface area contributed by atoms with Gasteiger partial charge in [-0.3, -0.25) is 0 Å². The average molecular weight is 322 g/mol. The summed E-state index contributed by atoms with van der Waals surface area (Å²) in [5, 5.41) is 8.39. The number of hydrogen-bond acceptors (Lipinski definition) is 4. The Morgan fingerprint density at radius 2 is 2.05 bits per heavy atom. The Labute approximate surface area is 132 Å². The molecule has 0 spiro atoms. The van der Waals surface area contributed by atoms with E-state index < -0.39 is 15.3 Å². The minimum atomic E-state index is -3.35. The van der Waals surface area contributed by atoms with Crippen LogP contribution in [0.25, 0.3) is 0 Å². The Bertz CT molecular complexity index is 632. The van der Waals surface area contributed by atoms with E-state index in [0.717, 1.165) is 5.56 Å². The second kappa shape index (κ2) is 7.23. The molecule has 0 radical (unpaired) electrons. The number of rotatable bonds is 5. The van der Waals surface area contributed by atoms with E-state index in [4.69, 9.17) is 10.00 Å². The van der Waals surface area contributed by atoms with Crippen molar-refractivity contribution >= 4 is 10.0 Å². The maximum Gasteiger partial charge on any atom is 0.215 e. The lowest BCUT2D eigenvalue weighted by Gasteiger charge is -2.32. The molecule has 0 bridgehead atoms. The van der Waals surface area contributed by atoms with Crippen LogP contribution in [0.15, 0.2) is 24.3 Å². The zero-order valence-electron chi connectivity index (χ0n) is 13.0. The monoisotopic (exact) mass is 322 g/mol. The third-order valence-electron chi connectivity index (χ3n) is 3.78. The van der Waals surface area contributed by atoms with Gasteiger partial charge in [0.25, 0.3) is 0 Å². The van der Waals surface area contributed by atoms with Crippen molar-refractivity contribution in [1.82, 2.24) is 4.72 Å². The third kappa shape index (κ3) is 4.29. The molecule has 1 aliphatic heterocycles. The van der Waals surface area contributed by atoms with Gasteiger partial charge in [-0.2, -0.15) is 5.26 Å². The fourth-order valence-electron chi connectivity index (χ4n) is 2.81. The van der Waals surface area contributed by atoms with Crippen LogP contribution in [0.2, 0.25) is 0 Å². The van der Waals surface area contributed by atoms with Crippen molar-refractivity contribution in [3.05, 3.63) is 35.4 Å². The SMILES string of the molecule is CC(C)NS(=O)(=O)C1CCOCC1Cc1ccc(C#N)cc1. The van der Waals surface area contributed by atoms with Crippen LogP contribution in [0.1, 0.15) is 31.4 Å². The van der Waals surface area contributed by atoms with Crippen LogP contribution in [-0.2, 0) is 21.2 Å². The lowest BCUT2D eigenvalue weighted by atomic mass is 9.93. The molecule has 0 aromatic heterocycles. The molecule has 1 saturated heterocycles. The van der Waals surface area contributed by atoms with Gasteiger partial charge in [-0.25, -0.2) is 13.1 Å². The summed E-state index contributed by atoms with van der Waals surface area (Å²) in [5.41, 5.74) is 1.63. The summed E-state index contributed by atoms with van der Waals surface area (Å²) >= 11 is 0. The summed E-state index contributed by atoms with van der Waals surface area (Å²) in [6.45, 7) is 4.58. The molecular weight excluding hydrogens is 300 g/mol. The van der Waals surface area contributed by atoms with E-state index in [1.165, 1.54) is 0 Å². The van der Waals surface area contributed by atoms with Crippen LogP contribution in [0.4, 0.5) is 0 Å². The van der Waals surface area contributed by atoms with Crippen LogP contribution in [0, 0.1) is 17.2 Å². The highest BCUT2D eigenvalue weighted by molar-refractivity contribution is 7.90. The van der Waals surface area contributed by atoms with Gasteiger partial charge in [-0.15, -0.1) is 0 Å². The van der Waals surface area contributed by atoms with Crippen LogP contribution in [-0.4, -0.2) is 32.9 Å². The third-order valence-corrected chi connectivity index (χ3v) is 6.00. The quantitative estimate of drug-likeness (QED) is 0.897. The van der Waals surface area contributed by atoms with Crippen molar-refractivity contribution in [2.24, 2.45) is 5.92 Å². The number of nitrogens with one attached hydrogen (secondary N) is 1. The molecule has 1 fully saturated rings. The Morgan fingerprint density at radius 1 is 1.36 bits per heavy atom. The van der Waals surface area contributed by atoms with Crippen molar-refractivity contribution in [2.75, 3.05) is 13.2 Å². The van der Waals surface area contributed by atoms with Crippen molar-refractivity contribution in [2.45, 2.75) is 38.0 Å². The predicted molar refractivity (Wildman–Crippen MR) is 84.8 cm³/mol. The van der Waals surface area contributed by atoms with E-state index in [1.807, 2.05) is 26.0 Å². The van der Waals surface area contributed by atoms with Crippen molar-refractivity contribution < 1.29 is 13.2 Å². The Kier molecular flexibility index (Phi) is 5.57. The van der Waals surface area contributed by atoms with Gasteiger partial charge in [0.2, 0.25) is 10.0 Å². The molecule has 1 aromatic rings. The molecule has 6 heteroatoms. The van der Waals surface area contributed by atoms with Gasteiger partial charge in [0, 0.05) is 18.6 Å². The summed E-state index contributed by atoms with van der Waals surface area (Å²) in [4.78, 5) is 0. The normalized spacial score (nSPS) is 22.5. The standard InChI is InChI=1S/C16H22N2O3S/c1-12(2)18-22(19,20)16-7-8-21-11-15(16)9-13-3-5-14(10-17)6-4-13/h3-6,12,15-16,18H,7-9,11H2,1-2H3. The van der Waals surface area contributed by atoms with Crippen LogP contribution in [0.5, 0.6) is 0 Å². The van der Waals surface area contributed by atoms with E-state index in [0.29, 0.717) is 31.6 Å². The molecule has 1 heterocycles. The van der Waals surface area contributed by atoms with E-state index in [2.05, 4.69) is 10.8 Å². The first-order valence-electron chi connectivity index (χ1n) is 7.50. The summed E-state index contributed by atoms with van der Waals surface area (Å²) in [5.74, 6) is -0.0714. The van der Waals surface area contributed by atoms with Gasteiger partial charge in [-0.05, 0) is 44.4 Å². The van der Waals surface area contributed by atoms with E-state index in [-0.39, 0.29) is 12.0 Å². The number of nitrogens with zero attached hydrogens (tertiary/aromatic N) is 1. The lowest BCUT2D eigenvalue weighted by molar-refractivity contribution is 0.0569. The molecule has 1 aliphatic rings. The van der Waals surface area contributed by atoms with Gasteiger partial charge >= 0.3 is 0 Å². The summed E-state index contributed by atoms with van der Waals surface area (Å²) in [6.07, 6.45) is 1.15. The Hall–Kier alpha value is -1.42. The first-order valence-corrected chi connectivity index (χ1v) is 9.05. The number of nitriles is 1. The molecule has 1 N–H and O–H groups in total. The average Bonchev–Trinajstić information content (AvgIpc) is 2.47. The minimum Gasteiger partial charge on any atom is -0.381 e. The molecule has 0 aliphatic carbocycles. The molecule has 22 heavy (non-hydrogen) atoms. The molecule has 0 amide bonds. The van der Waals surface area contributed by atoms with Gasteiger partial charge in [0.1, 0.15) is 0 Å². The zero-order valence-corrected chi connectivity index (χ0v) is 13.8. The molecule has 2 rings (SSSR count). The predicted octanol–water partition coefficient (Wildman–Crippen LogP) is 1.83. The van der Waals surface area contributed by atoms with Gasteiger partial charge in [0.15, 0.2) is 0 Å². The summed E-state index contributed by atoms with van der Waals surface area (Å²) in [7, 11) is -3.35. The molecule has 0 saturated carbocycles. The first-order chi connectivity index (χ1) is 10.4. The van der Waals surface area contributed by atoms with E-state index in [1.54, 1.807) is 12.1 Å². The molecule has 120 valence electrons. The smallest absolute Gasteiger partial charge is 0.215 e. The van der Waals surface area contributed by atoms with Crippen LogP contribution >= 0.6 is 0 Å². The topological polar surface area (TPSA) is 79.2 Å². The summed E-state index contributed by atoms with van der Waals surface area (Å²) < 4.78 is 33.2. The number of benzene rings is 1. The fraction of sp³-hybridized carbons (Fsp3) is 0.562. The lowest BCUT2D eigenvalue weighted by Crippen LogP contribution is -2.46. The maximum absolute atomic E-state index is 12.5. The Morgan fingerprint density at radius 3 is 2.64 bits per heavy atom. The maximum atomic E-state index is 12.5. The van der Waals surface area contributed by atoms with Crippen molar-refractivity contribution in [3.63, 3.8) is 0 Å². The number of ether oxygens (including phenoxy) is 1. The molecule has 1 aromatic carbocycles. The molecule has 2 atom stereocenters. The first kappa shape index (κ1) is 16.9. The number of sulfonamides is 1. The zero-order chi connectivity index (χ0) is 16.2. The highest BCUT2D eigenvalue weighted by Crippen LogP contribution is 2.25. The summed E-state index contributed by atoms with van der Waals surface area (Å²) in [6, 6.07) is 9.25. The minimum absolute atomic E-state index is 0.0714. The van der Waals surface area contributed by atoms with E-state index >= 15 is 0 Å². The highest BCUT2D eigenvalue weighted by Gasteiger charge is 2.36. The fourth-order valence-corrected chi connectivity index (χ4v) is 4.73. The van der Waals surface area contributed by atoms with Gasteiger partial charge < -0.3 is 4.74 Å². The second-order valence-electron chi connectivity index (χ2n) is 5.99.